The van der Waals surface area contributed by atoms with Crippen molar-refractivity contribution >= 4 is 15.9 Å². The van der Waals surface area contributed by atoms with Crippen LogP contribution in [0.1, 0.15) is 23.2 Å². The summed E-state index contributed by atoms with van der Waals surface area (Å²) in [7, 11) is 1.69. The molecular formula is C15H14BrNO. The first kappa shape index (κ1) is 11.8. The Bertz CT molecular complexity index is 535. The fourth-order valence-corrected chi connectivity index (χ4v) is 2.46. The third kappa shape index (κ3) is 2.28. The zero-order valence-corrected chi connectivity index (χ0v) is 11.6. The van der Waals surface area contributed by atoms with Gasteiger partial charge in [0.25, 0.3) is 0 Å². The van der Waals surface area contributed by atoms with Crippen LogP contribution in [0.3, 0.4) is 0 Å². The van der Waals surface area contributed by atoms with Crippen LogP contribution in [0.25, 0.3) is 0 Å². The number of rotatable bonds is 3. The van der Waals surface area contributed by atoms with E-state index in [0.717, 1.165) is 10.2 Å². The summed E-state index contributed by atoms with van der Waals surface area (Å²) in [5, 5.41) is 3.50. The molecule has 1 saturated heterocycles. The summed E-state index contributed by atoms with van der Waals surface area (Å²) in [5.74, 6) is 0.902. The number of methoxy groups -OCH3 is 1. The summed E-state index contributed by atoms with van der Waals surface area (Å²) < 4.78 is 6.29. The molecule has 18 heavy (non-hydrogen) atoms. The SMILES string of the molecule is COc1ccc([C@H]2N[C@H]2c2ccc(Br)cc2)cc1. The first-order valence-corrected chi connectivity index (χ1v) is 6.73. The van der Waals surface area contributed by atoms with Gasteiger partial charge in [0.2, 0.25) is 0 Å². The molecular weight excluding hydrogens is 290 g/mol. The first-order valence-electron chi connectivity index (χ1n) is 5.93. The molecule has 92 valence electrons. The molecule has 0 unspecified atom stereocenters. The Morgan fingerprint density at radius 2 is 1.39 bits per heavy atom. The standard InChI is InChI=1S/C15H14BrNO/c1-18-13-8-4-11(5-9-13)15-14(17-15)10-2-6-12(16)7-3-10/h2-9,14-15,17H,1H3/t14-,15+/m0/s1. The monoisotopic (exact) mass is 303 g/mol. The van der Waals surface area contributed by atoms with Crippen molar-refractivity contribution in [2.45, 2.75) is 12.1 Å². The van der Waals surface area contributed by atoms with Crippen molar-refractivity contribution in [2.24, 2.45) is 0 Å². The summed E-state index contributed by atoms with van der Waals surface area (Å²) in [6.07, 6.45) is 0. The Labute approximate surface area is 115 Å². The number of benzene rings is 2. The minimum Gasteiger partial charge on any atom is -0.497 e. The van der Waals surface area contributed by atoms with Gasteiger partial charge in [-0.05, 0) is 35.4 Å². The second kappa shape index (κ2) is 4.75. The Kier molecular flexibility index (Phi) is 3.10. The van der Waals surface area contributed by atoms with E-state index in [2.05, 4.69) is 57.6 Å². The van der Waals surface area contributed by atoms with E-state index in [0.29, 0.717) is 12.1 Å². The summed E-state index contributed by atoms with van der Waals surface area (Å²) in [6.45, 7) is 0. The number of hydrogen-bond acceptors (Lipinski definition) is 2. The molecule has 1 fully saturated rings. The van der Waals surface area contributed by atoms with Gasteiger partial charge in [-0.15, -0.1) is 0 Å². The van der Waals surface area contributed by atoms with Crippen molar-refractivity contribution in [3.05, 3.63) is 64.1 Å². The van der Waals surface area contributed by atoms with Crippen molar-refractivity contribution < 1.29 is 4.74 Å². The fourth-order valence-electron chi connectivity index (χ4n) is 2.20. The zero-order chi connectivity index (χ0) is 12.5. The van der Waals surface area contributed by atoms with Crippen LogP contribution in [0.2, 0.25) is 0 Å². The third-order valence-electron chi connectivity index (χ3n) is 3.29. The van der Waals surface area contributed by atoms with Crippen LogP contribution in [-0.2, 0) is 0 Å². The summed E-state index contributed by atoms with van der Waals surface area (Å²) in [5.41, 5.74) is 2.64. The zero-order valence-electron chi connectivity index (χ0n) is 10.1. The van der Waals surface area contributed by atoms with Crippen LogP contribution in [0.4, 0.5) is 0 Å². The lowest BCUT2D eigenvalue weighted by Crippen LogP contribution is -1.86. The Morgan fingerprint density at radius 3 is 1.89 bits per heavy atom. The largest absolute Gasteiger partial charge is 0.497 e. The van der Waals surface area contributed by atoms with Crippen molar-refractivity contribution in [1.82, 2.24) is 5.32 Å². The van der Waals surface area contributed by atoms with Crippen LogP contribution < -0.4 is 10.1 Å². The smallest absolute Gasteiger partial charge is 0.118 e. The van der Waals surface area contributed by atoms with Gasteiger partial charge in [0.15, 0.2) is 0 Å². The minimum atomic E-state index is 0.428. The van der Waals surface area contributed by atoms with Crippen LogP contribution in [-0.4, -0.2) is 7.11 Å². The topological polar surface area (TPSA) is 31.2 Å². The van der Waals surface area contributed by atoms with Crippen LogP contribution in [0.15, 0.2) is 53.0 Å². The summed E-state index contributed by atoms with van der Waals surface area (Å²) >= 11 is 3.46. The fraction of sp³-hybridized carbons (Fsp3) is 0.200. The Balaban J connectivity index is 1.74. The number of ether oxygens (including phenoxy) is 1. The highest BCUT2D eigenvalue weighted by Gasteiger charge is 2.38. The van der Waals surface area contributed by atoms with Crippen LogP contribution >= 0.6 is 15.9 Å². The highest BCUT2D eigenvalue weighted by molar-refractivity contribution is 9.10. The second-order valence-corrected chi connectivity index (χ2v) is 5.36. The molecule has 0 saturated carbocycles. The van der Waals surface area contributed by atoms with Gasteiger partial charge in [-0.1, -0.05) is 40.2 Å². The van der Waals surface area contributed by atoms with Crippen molar-refractivity contribution in [1.29, 1.82) is 0 Å². The average Bonchev–Trinajstić information content (AvgIpc) is 3.20. The molecule has 0 spiro atoms. The third-order valence-corrected chi connectivity index (χ3v) is 3.82. The predicted octanol–water partition coefficient (Wildman–Crippen LogP) is 3.84. The molecule has 2 atom stereocenters. The van der Waals surface area contributed by atoms with E-state index in [4.69, 9.17) is 4.74 Å². The van der Waals surface area contributed by atoms with Gasteiger partial charge in [0.1, 0.15) is 5.75 Å². The van der Waals surface area contributed by atoms with Crippen molar-refractivity contribution in [2.75, 3.05) is 7.11 Å². The second-order valence-electron chi connectivity index (χ2n) is 4.45. The maximum Gasteiger partial charge on any atom is 0.118 e. The van der Waals surface area contributed by atoms with Gasteiger partial charge in [-0.2, -0.15) is 0 Å². The van der Waals surface area contributed by atoms with Crippen LogP contribution in [0, 0.1) is 0 Å². The molecule has 1 heterocycles. The minimum absolute atomic E-state index is 0.428. The lowest BCUT2D eigenvalue weighted by atomic mass is 10.0. The summed E-state index contributed by atoms with van der Waals surface area (Å²) in [6, 6.07) is 17.6. The van der Waals surface area contributed by atoms with Gasteiger partial charge in [0, 0.05) is 4.47 Å². The highest BCUT2D eigenvalue weighted by Crippen LogP contribution is 2.42. The van der Waals surface area contributed by atoms with E-state index in [-0.39, 0.29) is 0 Å². The molecule has 1 aliphatic heterocycles. The van der Waals surface area contributed by atoms with Crippen molar-refractivity contribution in [3.63, 3.8) is 0 Å². The van der Waals surface area contributed by atoms with Gasteiger partial charge < -0.3 is 4.74 Å². The normalized spacial score (nSPS) is 21.7. The average molecular weight is 304 g/mol. The molecule has 2 aromatic carbocycles. The molecule has 1 N–H and O–H groups in total. The molecule has 0 aliphatic carbocycles. The van der Waals surface area contributed by atoms with Gasteiger partial charge in [0.05, 0.1) is 19.2 Å². The van der Waals surface area contributed by atoms with E-state index in [9.17, 15) is 0 Å². The maximum absolute atomic E-state index is 5.17. The summed E-state index contributed by atoms with van der Waals surface area (Å²) in [4.78, 5) is 0. The van der Waals surface area contributed by atoms with E-state index in [1.807, 2.05) is 12.1 Å². The van der Waals surface area contributed by atoms with Gasteiger partial charge in [-0.3, -0.25) is 5.32 Å². The quantitative estimate of drug-likeness (QED) is 0.873. The molecule has 2 nitrogen and oxygen atoms in total. The lowest BCUT2D eigenvalue weighted by molar-refractivity contribution is 0.414. The van der Waals surface area contributed by atoms with E-state index >= 15 is 0 Å². The molecule has 1 aliphatic rings. The number of halogens is 1. The number of nitrogens with one attached hydrogen (secondary N) is 1. The molecule has 2 aromatic rings. The molecule has 0 radical (unpaired) electrons. The first-order chi connectivity index (χ1) is 8.78. The van der Waals surface area contributed by atoms with Gasteiger partial charge in [-0.25, -0.2) is 0 Å². The van der Waals surface area contributed by atoms with Crippen molar-refractivity contribution in [3.8, 4) is 5.75 Å². The van der Waals surface area contributed by atoms with Crippen LogP contribution in [0.5, 0.6) is 5.75 Å². The number of hydrogen-bond donors (Lipinski definition) is 1. The molecule has 0 aromatic heterocycles. The molecule has 3 rings (SSSR count). The Morgan fingerprint density at radius 1 is 0.889 bits per heavy atom. The molecule has 0 amide bonds. The lowest BCUT2D eigenvalue weighted by Gasteiger charge is -2.02. The Hall–Kier alpha value is -1.32. The van der Waals surface area contributed by atoms with E-state index in [1.54, 1.807) is 7.11 Å². The highest BCUT2D eigenvalue weighted by atomic mass is 79.9. The van der Waals surface area contributed by atoms with E-state index < -0.39 is 0 Å². The molecule has 3 heteroatoms. The van der Waals surface area contributed by atoms with Gasteiger partial charge >= 0.3 is 0 Å². The maximum atomic E-state index is 5.17. The molecule has 0 bridgehead atoms. The predicted molar refractivity (Wildman–Crippen MR) is 75.8 cm³/mol. The van der Waals surface area contributed by atoms with E-state index in [1.165, 1.54) is 11.1 Å².